The van der Waals surface area contributed by atoms with Crippen LogP contribution in [0.25, 0.3) is 0 Å². The van der Waals surface area contributed by atoms with E-state index in [1.807, 2.05) is 13.8 Å². The monoisotopic (exact) mass is 295 g/mol. The zero-order valence-electron chi connectivity index (χ0n) is 13.4. The second-order valence-electron chi connectivity index (χ2n) is 5.31. The average molecular weight is 295 g/mol. The molecule has 21 heavy (non-hydrogen) atoms. The number of carbonyl (C=O) groups excluding carboxylic acids is 1. The SMILES string of the molecule is CCc1nc(NN)c(C)c(NC(CC(C)C)C(=O)OC)n1. The summed E-state index contributed by atoms with van der Waals surface area (Å²) < 4.78 is 4.85. The molecule has 0 amide bonds. The van der Waals surface area contributed by atoms with Gasteiger partial charge in [0.1, 0.15) is 23.5 Å². The normalized spacial score (nSPS) is 12.1. The number of nitrogen functional groups attached to an aromatic ring is 1. The van der Waals surface area contributed by atoms with Gasteiger partial charge in [0.25, 0.3) is 0 Å². The van der Waals surface area contributed by atoms with Crippen LogP contribution in [0.1, 0.15) is 38.6 Å². The van der Waals surface area contributed by atoms with Gasteiger partial charge in [0.05, 0.1) is 7.11 Å². The lowest BCUT2D eigenvalue weighted by molar-refractivity contribution is -0.141. The van der Waals surface area contributed by atoms with E-state index in [0.29, 0.717) is 36.2 Å². The third-order valence-electron chi connectivity index (χ3n) is 3.15. The number of hydrogen-bond donors (Lipinski definition) is 3. The van der Waals surface area contributed by atoms with E-state index >= 15 is 0 Å². The molecule has 0 aromatic carbocycles. The van der Waals surface area contributed by atoms with Gasteiger partial charge in [-0.15, -0.1) is 0 Å². The van der Waals surface area contributed by atoms with Crippen molar-refractivity contribution in [2.75, 3.05) is 17.9 Å². The fourth-order valence-electron chi connectivity index (χ4n) is 1.99. The largest absolute Gasteiger partial charge is 0.467 e. The molecule has 0 aliphatic rings. The molecular weight excluding hydrogens is 270 g/mol. The molecule has 0 radical (unpaired) electrons. The van der Waals surface area contributed by atoms with Crippen LogP contribution in [0.3, 0.4) is 0 Å². The van der Waals surface area contributed by atoms with E-state index in [4.69, 9.17) is 10.6 Å². The number of methoxy groups -OCH3 is 1. The molecule has 0 fully saturated rings. The zero-order chi connectivity index (χ0) is 16.0. The highest BCUT2D eigenvalue weighted by Crippen LogP contribution is 2.21. The molecule has 7 heteroatoms. The van der Waals surface area contributed by atoms with Crippen LogP contribution in [0.4, 0.5) is 11.6 Å². The van der Waals surface area contributed by atoms with Crippen molar-refractivity contribution in [1.82, 2.24) is 9.97 Å². The van der Waals surface area contributed by atoms with Gasteiger partial charge in [0, 0.05) is 12.0 Å². The number of rotatable bonds is 7. The molecule has 4 N–H and O–H groups in total. The number of hydrogen-bond acceptors (Lipinski definition) is 7. The van der Waals surface area contributed by atoms with Crippen LogP contribution in [-0.4, -0.2) is 29.1 Å². The number of ether oxygens (including phenoxy) is 1. The fraction of sp³-hybridized carbons (Fsp3) is 0.643. The first-order valence-corrected chi connectivity index (χ1v) is 7.11. The standard InChI is InChI=1S/C14H25N5O2/c1-6-11-17-12(9(4)13(18-11)19-15)16-10(7-8(2)3)14(20)21-5/h8,10H,6-7,15H2,1-5H3,(H2,16,17,18,19). The van der Waals surface area contributed by atoms with Crippen molar-refractivity contribution in [1.29, 1.82) is 0 Å². The Kier molecular flexibility index (Phi) is 6.36. The van der Waals surface area contributed by atoms with Gasteiger partial charge in [-0.2, -0.15) is 0 Å². The highest BCUT2D eigenvalue weighted by Gasteiger charge is 2.22. The Hall–Kier alpha value is -1.89. The molecule has 0 bridgehead atoms. The lowest BCUT2D eigenvalue weighted by Crippen LogP contribution is -2.33. The second kappa shape index (κ2) is 7.78. The summed E-state index contributed by atoms with van der Waals surface area (Å²) in [5.41, 5.74) is 3.33. The Bertz CT molecular complexity index is 490. The number of hydrazine groups is 1. The number of esters is 1. The van der Waals surface area contributed by atoms with Gasteiger partial charge in [0.2, 0.25) is 0 Å². The predicted molar refractivity (Wildman–Crippen MR) is 82.8 cm³/mol. The Balaban J connectivity index is 3.09. The third-order valence-corrected chi connectivity index (χ3v) is 3.15. The first-order chi connectivity index (χ1) is 9.92. The van der Waals surface area contributed by atoms with Crippen molar-refractivity contribution in [3.8, 4) is 0 Å². The molecule has 1 atom stereocenters. The molecule has 1 rings (SSSR count). The summed E-state index contributed by atoms with van der Waals surface area (Å²) in [6, 6.07) is -0.445. The number of nitrogens with two attached hydrogens (primary N) is 1. The van der Waals surface area contributed by atoms with Crippen LogP contribution in [0.2, 0.25) is 0 Å². The van der Waals surface area contributed by atoms with Gasteiger partial charge in [-0.05, 0) is 19.3 Å². The molecule has 7 nitrogen and oxygen atoms in total. The minimum absolute atomic E-state index is 0.304. The highest BCUT2D eigenvalue weighted by molar-refractivity contribution is 5.79. The van der Waals surface area contributed by atoms with Gasteiger partial charge in [0.15, 0.2) is 0 Å². The Morgan fingerprint density at radius 1 is 1.33 bits per heavy atom. The van der Waals surface area contributed by atoms with Gasteiger partial charge in [-0.3, -0.25) is 0 Å². The van der Waals surface area contributed by atoms with Gasteiger partial charge in [-0.1, -0.05) is 20.8 Å². The molecule has 0 saturated carbocycles. The van der Waals surface area contributed by atoms with Gasteiger partial charge < -0.3 is 15.5 Å². The lowest BCUT2D eigenvalue weighted by Gasteiger charge is -2.21. The van der Waals surface area contributed by atoms with Crippen molar-refractivity contribution in [2.24, 2.45) is 11.8 Å². The predicted octanol–water partition coefficient (Wildman–Crippen LogP) is 1.63. The number of nitrogens with one attached hydrogen (secondary N) is 2. The van der Waals surface area contributed by atoms with E-state index in [2.05, 4.69) is 34.6 Å². The molecule has 1 unspecified atom stereocenters. The molecule has 0 saturated heterocycles. The van der Waals surface area contributed by atoms with Gasteiger partial charge >= 0.3 is 5.97 Å². The fourth-order valence-corrected chi connectivity index (χ4v) is 1.99. The molecule has 1 aromatic heterocycles. The van der Waals surface area contributed by atoms with Crippen LogP contribution in [0.15, 0.2) is 0 Å². The first kappa shape index (κ1) is 17.2. The Labute approximate surface area is 125 Å². The van der Waals surface area contributed by atoms with E-state index in [0.717, 1.165) is 5.56 Å². The summed E-state index contributed by atoms with van der Waals surface area (Å²) >= 11 is 0. The average Bonchev–Trinajstić information content (AvgIpc) is 2.47. The summed E-state index contributed by atoms with van der Waals surface area (Å²) in [6.45, 7) is 7.91. The number of anilines is 2. The van der Waals surface area contributed by atoms with Crippen molar-refractivity contribution < 1.29 is 9.53 Å². The van der Waals surface area contributed by atoms with Crippen molar-refractivity contribution in [3.05, 3.63) is 11.4 Å². The Morgan fingerprint density at radius 2 is 1.95 bits per heavy atom. The number of aryl methyl sites for hydroxylation is 1. The maximum Gasteiger partial charge on any atom is 0.328 e. The van der Waals surface area contributed by atoms with Crippen molar-refractivity contribution in [2.45, 2.75) is 46.6 Å². The number of nitrogens with zero attached hydrogens (tertiary/aromatic N) is 2. The minimum atomic E-state index is -0.445. The van der Waals surface area contributed by atoms with E-state index in [1.54, 1.807) is 0 Å². The zero-order valence-corrected chi connectivity index (χ0v) is 13.4. The van der Waals surface area contributed by atoms with Crippen LogP contribution >= 0.6 is 0 Å². The quantitative estimate of drug-likeness (QED) is 0.399. The van der Waals surface area contributed by atoms with E-state index in [-0.39, 0.29) is 5.97 Å². The lowest BCUT2D eigenvalue weighted by atomic mass is 10.0. The second-order valence-corrected chi connectivity index (χ2v) is 5.31. The smallest absolute Gasteiger partial charge is 0.328 e. The van der Waals surface area contributed by atoms with Gasteiger partial charge in [-0.25, -0.2) is 20.6 Å². The molecule has 0 spiro atoms. The summed E-state index contributed by atoms with van der Waals surface area (Å²) in [7, 11) is 1.38. The number of aromatic nitrogens is 2. The minimum Gasteiger partial charge on any atom is -0.467 e. The van der Waals surface area contributed by atoms with Crippen LogP contribution in [0, 0.1) is 12.8 Å². The highest BCUT2D eigenvalue weighted by atomic mass is 16.5. The van der Waals surface area contributed by atoms with Crippen LogP contribution in [-0.2, 0) is 16.0 Å². The first-order valence-electron chi connectivity index (χ1n) is 7.11. The summed E-state index contributed by atoms with van der Waals surface area (Å²) in [5.74, 6) is 7.34. The van der Waals surface area contributed by atoms with E-state index in [1.165, 1.54) is 7.11 Å². The summed E-state index contributed by atoms with van der Waals surface area (Å²) in [4.78, 5) is 20.6. The molecule has 1 aromatic rings. The topological polar surface area (TPSA) is 102 Å². The molecular formula is C14H25N5O2. The maximum absolute atomic E-state index is 11.9. The van der Waals surface area contributed by atoms with E-state index in [9.17, 15) is 4.79 Å². The van der Waals surface area contributed by atoms with Crippen LogP contribution in [0.5, 0.6) is 0 Å². The van der Waals surface area contributed by atoms with E-state index < -0.39 is 6.04 Å². The van der Waals surface area contributed by atoms with Crippen molar-refractivity contribution in [3.63, 3.8) is 0 Å². The molecule has 118 valence electrons. The van der Waals surface area contributed by atoms with Crippen LogP contribution < -0.4 is 16.6 Å². The summed E-state index contributed by atoms with van der Waals surface area (Å²) in [6.07, 6.45) is 1.33. The molecule has 1 heterocycles. The third kappa shape index (κ3) is 4.56. The maximum atomic E-state index is 11.9. The molecule has 0 aliphatic heterocycles. The van der Waals surface area contributed by atoms with Crippen molar-refractivity contribution >= 4 is 17.6 Å². The number of carbonyl (C=O) groups is 1. The Morgan fingerprint density at radius 3 is 2.43 bits per heavy atom. The summed E-state index contributed by atoms with van der Waals surface area (Å²) in [5, 5.41) is 3.16. The molecule has 0 aliphatic carbocycles.